The van der Waals surface area contributed by atoms with Crippen LogP contribution in [0.3, 0.4) is 0 Å². The summed E-state index contributed by atoms with van der Waals surface area (Å²) in [5, 5.41) is 8.77. The van der Waals surface area contributed by atoms with Crippen LogP contribution < -0.4 is 4.74 Å². The van der Waals surface area contributed by atoms with Crippen LogP contribution in [0.4, 0.5) is 0 Å². The molecule has 1 aromatic carbocycles. The van der Waals surface area contributed by atoms with Crippen LogP contribution in [0.15, 0.2) is 47.0 Å². The molecule has 1 aliphatic carbocycles. The van der Waals surface area contributed by atoms with Gasteiger partial charge >= 0.3 is 0 Å². The van der Waals surface area contributed by atoms with Gasteiger partial charge in [0.25, 0.3) is 0 Å². The molecule has 0 saturated carbocycles. The molecule has 0 aliphatic heterocycles. The zero-order valence-corrected chi connectivity index (χ0v) is 13.6. The molecule has 1 atom stereocenters. The third-order valence-electron chi connectivity index (χ3n) is 3.65. The third-order valence-corrected chi connectivity index (χ3v) is 4.20. The molecular weight excluding hydrogens is 332 g/mol. The van der Waals surface area contributed by atoms with E-state index in [-0.39, 0.29) is 19.0 Å². The van der Waals surface area contributed by atoms with Crippen molar-refractivity contribution in [2.45, 2.75) is 25.2 Å². The second-order valence-electron chi connectivity index (χ2n) is 4.99. The number of carbonyl (C=O) groups is 1. The second kappa shape index (κ2) is 7.05. The van der Waals surface area contributed by atoms with Gasteiger partial charge < -0.3 is 9.84 Å². The average molecular weight is 351 g/mol. The van der Waals surface area contributed by atoms with Crippen LogP contribution in [0, 0.1) is 0 Å². The van der Waals surface area contributed by atoms with Crippen LogP contribution in [0.1, 0.15) is 25.3 Å². The van der Waals surface area contributed by atoms with Gasteiger partial charge in [-0.25, -0.2) is 0 Å². The van der Waals surface area contributed by atoms with Crippen LogP contribution >= 0.6 is 15.9 Å². The highest BCUT2D eigenvalue weighted by Crippen LogP contribution is 2.39. The Bertz CT molecular complexity index is 560. The van der Waals surface area contributed by atoms with Crippen molar-refractivity contribution in [2.75, 3.05) is 13.2 Å². The lowest BCUT2D eigenvalue weighted by atomic mass is 9.71. The van der Waals surface area contributed by atoms with Crippen molar-refractivity contribution in [3.05, 3.63) is 52.5 Å². The lowest BCUT2D eigenvalue weighted by Gasteiger charge is -2.31. The Hall–Kier alpha value is -1.39. The van der Waals surface area contributed by atoms with Crippen LogP contribution in [0.5, 0.6) is 5.75 Å². The smallest absolute Gasteiger partial charge is 0.147 e. The molecule has 0 amide bonds. The van der Waals surface area contributed by atoms with Crippen LogP contribution in [-0.2, 0) is 10.2 Å². The van der Waals surface area contributed by atoms with E-state index in [1.165, 1.54) is 0 Å². The third kappa shape index (κ3) is 3.44. The number of halogens is 1. The molecule has 4 heteroatoms. The van der Waals surface area contributed by atoms with Crippen molar-refractivity contribution in [1.82, 2.24) is 0 Å². The van der Waals surface area contributed by atoms with Gasteiger partial charge in [-0.1, -0.05) is 53.2 Å². The number of aliphatic hydroxyl groups is 1. The molecule has 1 unspecified atom stereocenters. The van der Waals surface area contributed by atoms with Gasteiger partial charge in [-0.2, -0.15) is 0 Å². The Labute approximate surface area is 133 Å². The van der Waals surface area contributed by atoms with Gasteiger partial charge in [-0.05, 0) is 28.6 Å². The molecule has 0 fully saturated rings. The Morgan fingerprint density at radius 1 is 1.38 bits per heavy atom. The Balaban J connectivity index is 2.32. The minimum atomic E-state index is -0.599. The summed E-state index contributed by atoms with van der Waals surface area (Å²) in [5.74, 6) is 0.897. The van der Waals surface area contributed by atoms with Crippen molar-refractivity contribution >= 4 is 21.7 Å². The molecule has 0 spiro atoms. The molecule has 0 saturated heterocycles. The summed E-state index contributed by atoms with van der Waals surface area (Å²) in [7, 11) is 0. The number of ketones is 1. The lowest BCUT2D eigenvalue weighted by Crippen LogP contribution is -2.34. The van der Waals surface area contributed by atoms with Gasteiger partial charge in [-0.15, -0.1) is 0 Å². The quantitative estimate of drug-likeness (QED) is 0.853. The van der Waals surface area contributed by atoms with Crippen LogP contribution in [0.2, 0.25) is 0 Å². The number of Topliss-reactive ketones (excluding diaryl/α,β-unsaturated/α-hetero) is 1. The number of carbonyl (C=O) groups excluding carboxylic acids is 1. The predicted octanol–water partition coefficient (Wildman–Crippen LogP) is 3.51. The zero-order chi connectivity index (χ0) is 15.3. The number of hydrogen-bond acceptors (Lipinski definition) is 3. The summed E-state index contributed by atoms with van der Waals surface area (Å²) < 4.78 is 6.39. The molecule has 0 heterocycles. The number of allylic oxidation sites excluding steroid dienone is 4. The Kier molecular flexibility index (Phi) is 5.37. The van der Waals surface area contributed by atoms with E-state index in [0.717, 1.165) is 10.0 Å². The van der Waals surface area contributed by atoms with Gasteiger partial charge in [0.2, 0.25) is 0 Å². The molecule has 2 rings (SSSR count). The van der Waals surface area contributed by atoms with Gasteiger partial charge in [-0.3, -0.25) is 4.79 Å². The highest BCUT2D eigenvalue weighted by molar-refractivity contribution is 9.11. The van der Waals surface area contributed by atoms with Crippen molar-refractivity contribution in [2.24, 2.45) is 0 Å². The minimum absolute atomic E-state index is 0.0134. The monoisotopic (exact) mass is 350 g/mol. The van der Waals surface area contributed by atoms with Gasteiger partial charge in [0, 0.05) is 6.42 Å². The summed E-state index contributed by atoms with van der Waals surface area (Å²) in [6.45, 7) is 2.15. The van der Waals surface area contributed by atoms with E-state index in [1.807, 2.05) is 49.4 Å². The van der Waals surface area contributed by atoms with E-state index in [9.17, 15) is 4.79 Å². The summed E-state index contributed by atoms with van der Waals surface area (Å²) in [4.78, 5) is 12.5. The highest BCUT2D eigenvalue weighted by Gasteiger charge is 2.37. The first kappa shape index (κ1) is 16.0. The standard InChI is InChI=1S/C17H19BrO3/c1-2-16(20)17(9-3-4-14(18)12-17)13-5-7-15(8-6-13)21-11-10-19/h3-9,19H,2,10-12H2,1H3. The largest absolute Gasteiger partial charge is 0.491 e. The maximum Gasteiger partial charge on any atom is 0.147 e. The van der Waals surface area contributed by atoms with Gasteiger partial charge in [0.1, 0.15) is 18.1 Å². The number of benzene rings is 1. The average Bonchev–Trinajstić information content (AvgIpc) is 2.52. The molecule has 1 aromatic rings. The normalized spacial score (nSPS) is 21.0. The second-order valence-corrected chi connectivity index (χ2v) is 6.01. The molecule has 1 aliphatic rings. The fourth-order valence-corrected chi connectivity index (χ4v) is 3.17. The van der Waals surface area contributed by atoms with E-state index in [2.05, 4.69) is 15.9 Å². The molecule has 112 valence electrons. The first-order valence-corrected chi connectivity index (χ1v) is 7.83. The fraction of sp³-hybridized carbons (Fsp3) is 0.353. The maximum atomic E-state index is 12.5. The van der Waals surface area contributed by atoms with Crippen LogP contribution in [-0.4, -0.2) is 24.1 Å². The summed E-state index contributed by atoms with van der Waals surface area (Å²) in [6, 6.07) is 7.54. The maximum absolute atomic E-state index is 12.5. The highest BCUT2D eigenvalue weighted by atomic mass is 79.9. The number of aliphatic hydroxyl groups excluding tert-OH is 1. The molecule has 0 aromatic heterocycles. The topological polar surface area (TPSA) is 46.5 Å². The number of rotatable bonds is 6. The van der Waals surface area contributed by atoms with E-state index in [4.69, 9.17) is 9.84 Å². The van der Waals surface area contributed by atoms with E-state index >= 15 is 0 Å². The Morgan fingerprint density at radius 2 is 2.10 bits per heavy atom. The molecule has 0 radical (unpaired) electrons. The van der Waals surface area contributed by atoms with Crippen molar-refractivity contribution in [1.29, 1.82) is 0 Å². The van der Waals surface area contributed by atoms with E-state index in [1.54, 1.807) is 0 Å². The SMILES string of the molecule is CCC(=O)C1(c2ccc(OCCO)cc2)C=CC=C(Br)C1. The lowest BCUT2D eigenvalue weighted by molar-refractivity contribution is -0.122. The summed E-state index contributed by atoms with van der Waals surface area (Å²) in [5.41, 5.74) is 0.365. The summed E-state index contributed by atoms with van der Waals surface area (Å²) >= 11 is 3.51. The number of ether oxygens (including phenoxy) is 1. The zero-order valence-electron chi connectivity index (χ0n) is 12.0. The van der Waals surface area contributed by atoms with Gasteiger partial charge in [0.05, 0.1) is 12.0 Å². The first-order chi connectivity index (χ1) is 10.1. The molecule has 1 N–H and O–H groups in total. The number of hydrogen-bond donors (Lipinski definition) is 1. The van der Waals surface area contributed by atoms with Crippen molar-refractivity contribution in [3.63, 3.8) is 0 Å². The van der Waals surface area contributed by atoms with Crippen molar-refractivity contribution in [3.8, 4) is 5.75 Å². The van der Waals surface area contributed by atoms with E-state index < -0.39 is 5.41 Å². The molecule has 21 heavy (non-hydrogen) atoms. The Morgan fingerprint density at radius 3 is 2.67 bits per heavy atom. The van der Waals surface area contributed by atoms with E-state index in [0.29, 0.717) is 18.6 Å². The molecular formula is C17H19BrO3. The summed E-state index contributed by atoms with van der Waals surface area (Å²) in [6.07, 6.45) is 7.02. The molecule has 3 nitrogen and oxygen atoms in total. The van der Waals surface area contributed by atoms with Crippen LogP contribution in [0.25, 0.3) is 0 Å². The molecule has 0 bridgehead atoms. The fourth-order valence-electron chi connectivity index (χ4n) is 2.58. The predicted molar refractivity (Wildman–Crippen MR) is 86.8 cm³/mol. The minimum Gasteiger partial charge on any atom is -0.491 e. The van der Waals surface area contributed by atoms with Crippen molar-refractivity contribution < 1.29 is 14.6 Å². The van der Waals surface area contributed by atoms with Gasteiger partial charge in [0.15, 0.2) is 0 Å². The first-order valence-electron chi connectivity index (χ1n) is 7.04.